The standard InChI is InChI=1S/C15H18Cl2N2O/c1-15(2,3)13-10(9-16)14(17)19(18-13)11-7-5-6-8-12(11)20-4/h5-8H,9H2,1-4H3. The van der Waals surface area contributed by atoms with Gasteiger partial charge in [0.15, 0.2) is 0 Å². The van der Waals surface area contributed by atoms with Crippen molar-refractivity contribution in [3.8, 4) is 11.4 Å². The highest BCUT2D eigenvalue weighted by molar-refractivity contribution is 6.31. The molecule has 1 heterocycles. The Kier molecular flexibility index (Phi) is 4.31. The van der Waals surface area contributed by atoms with Crippen LogP contribution in [0.1, 0.15) is 32.0 Å². The molecule has 0 fully saturated rings. The second kappa shape index (κ2) is 5.66. The lowest BCUT2D eigenvalue weighted by Crippen LogP contribution is -2.14. The Morgan fingerprint density at radius 3 is 2.40 bits per heavy atom. The molecule has 3 nitrogen and oxygen atoms in total. The van der Waals surface area contributed by atoms with Crippen LogP contribution in [0.15, 0.2) is 24.3 Å². The van der Waals surface area contributed by atoms with Gasteiger partial charge in [-0.05, 0) is 12.1 Å². The molecule has 2 aromatic rings. The third-order valence-corrected chi connectivity index (χ3v) is 3.73. The van der Waals surface area contributed by atoms with E-state index in [9.17, 15) is 0 Å². The van der Waals surface area contributed by atoms with E-state index in [1.165, 1.54) is 0 Å². The van der Waals surface area contributed by atoms with Crippen LogP contribution in [-0.2, 0) is 11.3 Å². The summed E-state index contributed by atoms with van der Waals surface area (Å²) in [5.41, 5.74) is 2.46. The predicted octanol–water partition coefficient (Wildman–Crippen LogP) is 4.57. The van der Waals surface area contributed by atoms with Crippen molar-refractivity contribution in [2.75, 3.05) is 7.11 Å². The smallest absolute Gasteiger partial charge is 0.144 e. The molecule has 1 aromatic heterocycles. The number of hydrogen-bond donors (Lipinski definition) is 0. The van der Waals surface area contributed by atoms with Gasteiger partial charge >= 0.3 is 0 Å². The number of methoxy groups -OCH3 is 1. The Balaban J connectivity index is 2.67. The van der Waals surface area contributed by atoms with Gasteiger partial charge in [-0.2, -0.15) is 5.10 Å². The molecule has 0 radical (unpaired) electrons. The third-order valence-electron chi connectivity index (χ3n) is 3.08. The van der Waals surface area contributed by atoms with Gasteiger partial charge in [0.05, 0.1) is 18.7 Å². The van der Waals surface area contributed by atoms with E-state index in [1.807, 2.05) is 24.3 Å². The lowest BCUT2D eigenvalue weighted by atomic mass is 9.90. The number of nitrogens with zero attached hydrogens (tertiary/aromatic N) is 2. The first-order chi connectivity index (χ1) is 9.40. The Hall–Kier alpha value is -1.19. The van der Waals surface area contributed by atoms with Crippen LogP contribution in [0.25, 0.3) is 5.69 Å². The third kappa shape index (κ3) is 2.65. The first-order valence-electron chi connectivity index (χ1n) is 6.37. The van der Waals surface area contributed by atoms with E-state index in [1.54, 1.807) is 11.8 Å². The SMILES string of the molecule is COc1ccccc1-n1nc(C(C)(C)C)c(CCl)c1Cl. The van der Waals surface area contributed by atoms with Crippen molar-refractivity contribution in [2.24, 2.45) is 0 Å². The minimum absolute atomic E-state index is 0.124. The monoisotopic (exact) mass is 312 g/mol. The van der Waals surface area contributed by atoms with Crippen LogP contribution >= 0.6 is 23.2 Å². The first kappa shape index (κ1) is 15.2. The number of aromatic nitrogens is 2. The van der Waals surface area contributed by atoms with Crippen molar-refractivity contribution in [3.05, 3.63) is 40.7 Å². The minimum atomic E-state index is -0.124. The quantitative estimate of drug-likeness (QED) is 0.776. The maximum absolute atomic E-state index is 6.46. The number of benzene rings is 1. The zero-order valence-corrected chi connectivity index (χ0v) is 13.6. The molecule has 0 aliphatic heterocycles. The van der Waals surface area contributed by atoms with Crippen molar-refractivity contribution in [2.45, 2.75) is 32.1 Å². The summed E-state index contributed by atoms with van der Waals surface area (Å²) >= 11 is 12.5. The summed E-state index contributed by atoms with van der Waals surface area (Å²) < 4.78 is 7.06. The van der Waals surface area contributed by atoms with E-state index in [0.29, 0.717) is 11.0 Å². The lowest BCUT2D eigenvalue weighted by Gasteiger charge is -2.16. The van der Waals surface area contributed by atoms with Gasteiger partial charge in [-0.15, -0.1) is 11.6 Å². The van der Waals surface area contributed by atoms with Gasteiger partial charge in [-0.1, -0.05) is 44.5 Å². The zero-order chi connectivity index (χ0) is 14.9. The van der Waals surface area contributed by atoms with E-state index in [2.05, 4.69) is 25.9 Å². The second-order valence-corrected chi connectivity index (χ2v) is 6.21. The Morgan fingerprint density at radius 2 is 1.90 bits per heavy atom. The van der Waals surface area contributed by atoms with Crippen LogP contribution in [0.2, 0.25) is 5.15 Å². The van der Waals surface area contributed by atoms with Gasteiger partial charge in [0.1, 0.15) is 16.6 Å². The molecule has 5 heteroatoms. The number of ether oxygens (including phenoxy) is 1. The summed E-state index contributed by atoms with van der Waals surface area (Å²) in [6.45, 7) is 6.27. The molecule has 0 aliphatic carbocycles. The molecule has 108 valence electrons. The molecule has 0 saturated carbocycles. The second-order valence-electron chi connectivity index (χ2n) is 5.59. The average Bonchev–Trinajstić information content (AvgIpc) is 2.75. The molecule has 0 spiro atoms. The fourth-order valence-corrected chi connectivity index (χ4v) is 2.72. The van der Waals surface area contributed by atoms with Crippen LogP contribution < -0.4 is 4.74 Å². The summed E-state index contributed by atoms with van der Waals surface area (Å²) in [5.74, 6) is 1.05. The summed E-state index contributed by atoms with van der Waals surface area (Å²) in [6.07, 6.45) is 0. The molecule has 0 unspecified atom stereocenters. The highest BCUT2D eigenvalue weighted by atomic mass is 35.5. The molecule has 0 amide bonds. The summed E-state index contributed by atoms with van der Waals surface area (Å²) in [5, 5.41) is 5.19. The minimum Gasteiger partial charge on any atom is -0.494 e. The molecule has 0 atom stereocenters. The van der Waals surface area contributed by atoms with Crippen LogP contribution in [0.5, 0.6) is 5.75 Å². The fraction of sp³-hybridized carbons (Fsp3) is 0.400. The molecule has 0 saturated heterocycles. The topological polar surface area (TPSA) is 27.1 Å². The fourth-order valence-electron chi connectivity index (χ4n) is 2.12. The summed E-state index contributed by atoms with van der Waals surface area (Å²) in [6, 6.07) is 7.63. The number of halogens is 2. The van der Waals surface area contributed by atoms with Crippen LogP contribution in [0, 0.1) is 0 Å². The summed E-state index contributed by atoms with van der Waals surface area (Å²) in [4.78, 5) is 0. The van der Waals surface area contributed by atoms with Crippen molar-refractivity contribution in [1.29, 1.82) is 0 Å². The predicted molar refractivity (Wildman–Crippen MR) is 83.4 cm³/mol. The Labute approximate surface area is 129 Å². The van der Waals surface area contributed by atoms with Gasteiger partial charge in [0.2, 0.25) is 0 Å². The highest BCUT2D eigenvalue weighted by Gasteiger charge is 2.26. The normalized spacial score (nSPS) is 11.7. The van der Waals surface area contributed by atoms with Gasteiger partial charge in [-0.3, -0.25) is 0 Å². The van der Waals surface area contributed by atoms with Gasteiger partial charge in [0, 0.05) is 11.0 Å². The van der Waals surface area contributed by atoms with Gasteiger partial charge in [-0.25, -0.2) is 4.68 Å². The van der Waals surface area contributed by atoms with Gasteiger partial charge < -0.3 is 4.74 Å². The molecule has 0 N–H and O–H groups in total. The Bertz CT molecular complexity index is 615. The molecule has 1 aromatic carbocycles. The van der Waals surface area contributed by atoms with Crippen LogP contribution in [0.3, 0.4) is 0 Å². The van der Waals surface area contributed by atoms with E-state index < -0.39 is 0 Å². The Morgan fingerprint density at radius 1 is 1.25 bits per heavy atom. The lowest BCUT2D eigenvalue weighted by molar-refractivity contribution is 0.411. The first-order valence-corrected chi connectivity index (χ1v) is 7.28. The van der Waals surface area contributed by atoms with Crippen molar-refractivity contribution in [3.63, 3.8) is 0 Å². The highest BCUT2D eigenvalue weighted by Crippen LogP contribution is 2.34. The number of alkyl halides is 1. The maximum atomic E-state index is 6.46. The molecular formula is C15H18Cl2N2O. The largest absolute Gasteiger partial charge is 0.494 e. The van der Waals surface area contributed by atoms with Crippen molar-refractivity contribution < 1.29 is 4.74 Å². The molecule has 20 heavy (non-hydrogen) atoms. The molecular weight excluding hydrogens is 295 g/mol. The molecule has 0 bridgehead atoms. The van der Waals surface area contributed by atoms with E-state index in [-0.39, 0.29) is 5.41 Å². The van der Waals surface area contributed by atoms with Crippen LogP contribution in [0.4, 0.5) is 0 Å². The summed E-state index contributed by atoms with van der Waals surface area (Å²) in [7, 11) is 1.63. The number of hydrogen-bond acceptors (Lipinski definition) is 2. The van der Waals surface area contributed by atoms with Crippen molar-refractivity contribution >= 4 is 23.2 Å². The maximum Gasteiger partial charge on any atom is 0.144 e. The molecule has 0 aliphatic rings. The van der Waals surface area contributed by atoms with Crippen LogP contribution in [-0.4, -0.2) is 16.9 Å². The number of rotatable bonds is 3. The van der Waals surface area contributed by atoms with E-state index in [0.717, 1.165) is 22.7 Å². The number of para-hydroxylation sites is 2. The van der Waals surface area contributed by atoms with Crippen molar-refractivity contribution in [1.82, 2.24) is 9.78 Å². The van der Waals surface area contributed by atoms with Gasteiger partial charge in [0.25, 0.3) is 0 Å². The average molecular weight is 313 g/mol. The van der Waals surface area contributed by atoms with E-state index >= 15 is 0 Å². The zero-order valence-electron chi connectivity index (χ0n) is 12.1. The molecule has 2 rings (SSSR count). The van der Waals surface area contributed by atoms with E-state index in [4.69, 9.17) is 27.9 Å².